The van der Waals surface area contributed by atoms with Crippen molar-refractivity contribution in [3.05, 3.63) is 87.1 Å². The minimum atomic E-state index is -0.479. The van der Waals surface area contributed by atoms with Crippen molar-refractivity contribution in [1.82, 2.24) is 39.3 Å². The minimum absolute atomic E-state index is 0.373. The van der Waals surface area contributed by atoms with Crippen LogP contribution >= 0.6 is 0 Å². The molecule has 5 rings (SSSR count). The molecule has 0 amide bonds. The Kier molecular flexibility index (Phi) is 4.32. The molecule has 0 unspecified atom stereocenters. The molecule has 3 heterocycles. The second kappa shape index (κ2) is 7.17. The van der Waals surface area contributed by atoms with E-state index in [2.05, 4.69) is 25.5 Å². The summed E-state index contributed by atoms with van der Waals surface area (Å²) in [6.45, 7) is 2.28. The third kappa shape index (κ3) is 3.14. The molecule has 0 aliphatic rings. The van der Waals surface area contributed by atoms with Crippen LogP contribution in [0.25, 0.3) is 28.0 Å². The lowest BCUT2D eigenvalue weighted by Gasteiger charge is -2.11. The predicted octanol–water partition coefficient (Wildman–Crippen LogP) is 1.42. The molecular weight excluding hydrogens is 396 g/mol. The van der Waals surface area contributed by atoms with Gasteiger partial charge in [-0.1, -0.05) is 42.5 Å². The van der Waals surface area contributed by atoms with Crippen LogP contribution in [0.3, 0.4) is 0 Å². The summed E-state index contributed by atoms with van der Waals surface area (Å²) in [5, 5.41) is 11.4. The molecule has 0 saturated carbocycles. The maximum atomic E-state index is 12.4. The van der Waals surface area contributed by atoms with Gasteiger partial charge in [0.25, 0.3) is 5.56 Å². The Balaban J connectivity index is 1.52. The number of tetrazole rings is 1. The highest BCUT2D eigenvalue weighted by molar-refractivity contribution is 5.73. The molecule has 0 atom stereocenters. The first-order valence-corrected chi connectivity index (χ1v) is 9.61. The molecule has 0 radical (unpaired) electrons. The summed E-state index contributed by atoms with van der Waals surface area (Å²) in [7, 11) is 1.59. The van der Waals surface area contributed by atoms with Crippen LogP contribution in [0.15, 0.2) is 64.4 Å². The zero-order valence-corrected chi connectivity index (χ0v) is 16.9. The molecule has 31 heavy (non-hydrogen) atoms. The van der Waals surface area contributed by atoms with Crippen LogP contribution < -0.4 is 11.2 Å². The van der Waals surface area contributed by atoms with Gasteiger partial charge in [-0.25, -0.2) is 9.78 Å². The molecular formula is C21H18N8O2. The SMILES string of the molecule is Cc1nc2c(c(=O)[nH]c(=O)n2C)n1Cc1ccc(-c2ccccc2-n2cnnn2)cc1. The summed E-state index contributed by atoms with van der Waals surface area (Å²) in [4.78, 5) is 31.0. The Morgan fingerprint density at radius 2 is 1.81 bits per heavy atom. The number of rotatable bonds is 4. The summed E-state index contributed by atoms with van der Waals surface area (Å²) >= 11 is 0. The first-order chi connectivity index (χ1) is 15.0. The number of aromatic amines is 1. The number of H-pyrrole nitrogens is 1. The van der Waals surface area contributed by atoms with Gasteiger partial charge in [0, 0.05) is 19.2 Å². The van der Waals surface area contributed by atoms with Crippen LogP contribution in [0.2, 0.25) is 0 Å². The van der Waals surface area contributed by atoms with Crippen molar-refractivity contribution in [2.45, 2.75) is 13.5 Å². The Hall–Kier alpha value is -4.34. The average molecular weight is 414 g/mol. The van der Waals surface area contributed by atoms with Gasteiger partial charge in [-0.3, -0.25) is 14.3 Å². The van der Waals surface area contributed by atoms with Crippen molar-refractivity contribution in [3.8, 4) is 16.8 Å². The number of hydrogen-bond donors (Lipinski definition) is 1. The summed E-state index contributed by atoms with van der Waals surface area (Å²) in [6.07, 6.45) is 1.56. The second-order valence-electron chi connectivity index (χ2n) is 7.20. The zero-order chi connectivity index (χ0) is 21.5. The lowest BCUT2D eigenvalue weighted by Crippen LogP contribution is -2.29. The number of fused-ring (bicyclic) bond motifs is 1. The van der Waals surface area contributed by atoms with E-state index in [1.54, 1.807) is 18.1 Å². The Morgan fingerprint density at radius 1 is 1.03 bits per heavy atom. The molecule has 10 nitrogen and oxygen atoms in total. The van der Waals surface area contributed by atoms with E-state index in [0.717, 1.165) is 22.4 Å². The van der Waals surface area contributed by atoms with Crippen molar-refractivity contribution in [2.24, 2.45) is 7.05 Å². The standard InChI is InChI=1S/C21H18N8O2/c1-13-23-19-18(20(30)24-21(31)27(19)2)28(13)11-14-7-9-15(10-8-14)16-5-3-4-6-17(16)29-12-22-25-26-29/h3-10,12H,11H2,1-2H3,(H,24,30,31). The minimum Gasteiger partial charge on any atom is -0.318 e. The molecule has 3 aromatic heterocycles. The fourth-order valence-electron chi connectivity index (χ4n) is 3.70. The van der Waals surface area contributed by atoms with Gasteiger partial charge in [0.1, 0.15) is 12.2 Å². The van der Waals surface area contributed by atoms with Crippen molar-refractivity contribution in [1.29, 1.82) is 0 Å². The topological polar surface area (TPSA) is 116 Å². The van der Waals surface area contributed by atoms with Crippen molar-refractivity contribution in [2.75, 3.05) is 0 Å². The molecule has 0 fully saturated rings. The molecule has 5 aromatic rings. The summed E-state index contributed by atoms with van der Waals surface area (Å²) in [5.41, 5.74) is 3.73. The van der Waals surface area contributed by atoms with Crippen molar-refractivity contribution >= 4 is 11.2 Å². The molecule has 0 spiro atoms. The maximum absolute atomic E-state index is 12.4. The van der Waals surface area contributed by atoms with E-state index in [9.17, 15) is 9.59 Å². The van der Waals surface area contributed by atoms with Gasteiger partial charge >= 0.3 is 5.69 Å². The number of imidazole rings is 1. The third-order valence-corrected chi connectivity index (χ3v) is 5.30. The van der Waals surface area contributed by atoms with Gasteiger partial charge in [-0.05, 0) is 34.5 Å². The van der Waals surface area contributed by atoms with Crippen LogP contribution in [0.1, 0.15) is 11.4 Å². The van der Waals surface area contributed by atoms with E-state index >= 15 is 0 Å². The number of nitrogens with zero attached hydrogens (tertiary/aromatic N) is 7. The summed E-state index contributed by atoms with van der Waals surface area (Å²) in [6, 6.07) is 15.9. The number of para-hydroxylation sites is 1. The number of aryl methyl sites for hydroxylation is 2. The van der Waals surface area contributed by atoms with Crippen LogP contribution in [-0.4, -0.2) is 39.3 Å². The lowest BCUT2D eigenvalue weighted by atomic mass is 10.0. The van der Waals surface area contributed by atoms with Gasteiger partial charge < -0.3 is 4.57 Å². The normalized spacial score (nSPS) is 11.3. The van der Waals surface area contributed by atoms with Gasteiger partial charge in [0.05, 0.1) is 5.69 Å². The van der Waals surface area contributed by atoms with E-state index in [1.807, 2.05) is 60.0 Å². The van der Waals surface area contributed by atoms with Crippen LogP contribution in [-0.2, 0) is 13.6 Å². The first-order valence-electron chi connectivity index (χ1n) is 9.61. The molecule has 0 aliphatic carbocycles. The Bertz CT molecular complexity index is 1510. The highest BCUT2D eigenvalue weighted by Gasteiger charge is 2.15. The van der Waals surface area contributed by atoms with E-state index in [1.165, 1.54) is 4.57 Å². The average Bonchev–Trinajstić information content (AvgIpc) is 3.42. The molecule has 10 heteroatoms. The fraction of sp³-hybridized carbons (Fsp3) is 0.143. The van der Waals surface area contributed by atoms with Gasteiger partial charge in [0.15, 0.2) is 11.2 Å². The monoisotopic (exact) mass is 414 g/mol. The molecule has 1 N–H and O–H groups in total. The maximum Gasteiger partial charge on any atom is 0.329 e. The number of hydrogen-bond acceptors (Lipinski definition) is 6. The van der Waals surface area contributed by atoms with E-state index in [-0.39, 0.29) is 0 Å². The van der Waals surface area contributed by atoms with Gasteiger partial charge in [-0.15, -0.1) is 5.10 Å². The second-order valence-corrected chi connectivity index (χ2v) is 7.20. The van der Waals surface area contributed by atoms with E-state index in [4.69, 9.17) is 0 Å². The molecule has 154 valence electrons. The number of nitrogens with one attached hydrogen (secondary N) is 1. The Morgan fingerprint density at radius 3 is 2.55 bits per heavy atom. The van der Waals surface area contributed by atoms with Crippen LogP contribution in [0, 0.1) is 6.92 Å². The highest BCUT2D eigenvalue weighted by atomic mass is 16.2. The fourth-order valence-corrected chi connectivity index (χ4v) is 3.70. The summed E-state index contributed by atoms with van der Waals surface area (Å²) in [5.74, 6) is 0.662. The lowest BCUT2D eigenvalue weighted by molar-refractivity contribution is 0.779. The van der Waals surface area contributed by atoms with Crippen molar-refractivity contribution in [3.63, 3.8) is 0 Å². The predicted molar refractivity (Wildman–Crippen MR) is 114 cm³/mol. The third-order valence-electron chi connectivity index (χ3n) is 5.30. The van der Waals surface area contributed by atoms with E-state index in [0.29, 0.717) is 23.5 Å². The highest BCUT2D eigenvalue weighted by Crippen LogP contribution is 2.26. The van der Waals surface area contributed by atoms with Crippen LogP contribution in [0.4, 0.5) is 0 Å². The van der Waals surface area contributed by atoms with Gasteiger partial charge in [-0.2, -0.15) is 4.68 Å². The first kappa shape index (κ1) is 18.7. The van der Waals surface area contributed by atoms with Gasteiger partial charge in [0.2, 0.25) is 0 Å². The largest absolute Gasteiger partial charge is 0.329 e. The van der Waals surface area contributed by atoms with Crippen molar-refractivity contribution < 1.29 is 0 Å². The molecule has 0 saturated heterocycles. The molecule has 0 bridgehead atoms. The molecule has 0 aliphatic heterocycles. The number of aromatic nitrogens is 8. The number of benzene rings is 2. The quantitative estimate of drug-likeness (QED) is 0.475. The molecule has 2 aromatic carbocycles. The smallest absolute Gasteiger partial charge is 0.318 e. The van der Waals surface area contributed by atoms with E-state index < -0.39 is 11.2 Å². The zero-order valence-electron chi connectivity index (χ0n) is 16.9. The van der Waals surface area contributed by atoms with Crippen LogP contribution in [0.5, 0.6) is 0 Å². The Labute approximate surface area is 175 Å². The summed E-state index contributed by atoms with van der Waals surface area (Å²) < 4.78 is 4.79.